The van der Waals surface area contributed by atoms with Crippen LogP contribution in [0.3, 0.4) is 0 Å². The lowest BCUT2D eigenvalue weighted by atomic mass is 10.1. The number of methoxy groups -OCH3 is 1. The van der Waals surface area contributed by atoms with Crippen molar-refractivity contribution in [2.75, 3.05) is 19.4 Å². The number of benzene rings is 1. The third-order valence-electron chi connectivity index (χ3n) is 2.74. The molecular weight excluding hydrogens is 260 g/mol. The first-order valence-corrected chi connectivity index (χ1v) is 7.18. The molecule has 0 radical (unpaired) electrons. The molecule has 0 aliphatic carbocycles. The van der Waals surface area contributed by atoms with Crippen LogP contribution in [0.25, 0.3) is 0 Å². The van der Waals surface area contributed by atoms with E-state index >= 15 is 0 Å². The van der Waals surface area contributed by atoms with E-state index in [0.29, 0.717) is 0 Å². The minimum atomic E-state index is 0.219. The Hall–Kier alpha value is -1.53. The molecule has 19 heavy (non-hydrogen) atoms. The van der Waals surface area contributed by atoms with E-state index in [0.717, 1.165) is 23.2 Å². The maximum Gasteiger partial charge on any atom is 0.183 e. The average Bonchev–Trinajstić information content (AvgIpc) is 2.96. The van der Waals surface area contributed by atoms with Gasteiger partial charge in [0.15, 0.2) is 5.16 Å². The predicted octanol–water partition coefficient (Wildman–Crippen LogP) is 2.26. The summed E-state index contributed by atoms with van der Waals surface area (Å²) in [6.45, 7) is 3.00. The number of nitrogens with zero attached hydrogens (tertiary/aromatic N) is 2. The van der Waals surface area contributed by atoms with Crippen LogP contribution in [0.4, 0.5) is 0 Å². The molecule has 1 unspecified atom stereocenters. The largest absolute Gasteiger partial charge is 0.496 e. The zero-order valence-corrected chi connectivity index (χ0v) is 11.9. The highest BCUT2D eigenvalue weighted by Gasteiger charge is 2.15. The lowest BCUT2D eigenvalue weighted by Crippen LogP contribution is -2.23. The van der Waals surface area contributed by atoms with Gasteiger partial charge in [0.05, 0.1) is 7.11 Å². The average molecular weight is 278 g/mol. The van der Waals surface area contributed by atoms with Gasteiger partial charge in [-0.3, -0.25) is 5.10 Å². The monoisotopic (exact) mass is 278 g/mol. The first-order chi connectivity index (χ1) is 9.35. The van der Waals surface area contributed by atoms with Crippen LogP contribution in [0.2, 0.25) is 0 Å². The zero-order chi connectivity index (χ0) is 13.5. The molecule has 0 saturated carbocycles. The van der Waals surface area contributed by atoms with E-state index < -0.39 is 0 Å². The predicted molar refractivity (Wildman–Crippen MR) is 76.5 cm³/mol. The fraction of sp³-hybridized carbons (Fsp3) is 0.385. The molecule has 0 fully saturated rings. The topological polar surface area (TPSA) is 62.8 Å². The maximum atomic E-state index is 5.42. The van der Waals surface area contributed by atoms with Crippen molar-refractivity contribution in [1.29, 1.82) is 0 Å². The summed E-state index contributed by atoms with van der Waals surface area (Å²) in [4.78, 5) is 4.12. The molecule has 2 aromatic rings. The van der Waals surface area contributed by atoms with E-state index in [2.05, 4.69) is 33.5 Å². The molecular formula is C13H18N4OS. The molecule has 1 heterocycles. The van der Waals surface area contributed by atoms with E-state index in [9.17, 15) is 0 Å². The van der Waals surface area contributed by atoms with Gasteiger partial charge in [0.1, 0.15) is 12.1 Å². The van der Waals surface area contributed by atoms with Crippen LogP contribution in [0.5, 0.6) is 5.75 Å². The summed E-state index contributed by atoms with van der Waals surface area (Å²) in [6.07, 6.45) is 1.52. The number of hydrogen-bond acceptors (Lipinski definition) is 5. The van der Waals surface area contributed by atoms with Crippen molar-refractivity contribution >= 4 is 11.8 Å². The number of ether oxygens (including phenoxy) is 1. The molecule has 0 amide bonds. The second-order valence-electron chi connectivity index (χ2n) is 3.95. The van der Waals surface area contributed by atoms with E-state index in [1.807, 2.05) is 18.2 Å². The minimum absolute atomic E-state index is 0.219. The molecule has 2 rings (SSSR count). The number of nitrogens with one attached hydrogen (secondary N) is 2. The molecule has 5 nitrogen and oxygen atoms in total. The molecule has 2 N–H and O–H groups in total. The van der Waals surface area contributed by atoms with Gasteiger partial charge in [-0.05, 0) is 12.6 Å². The molecule has 0 aliphatic heterocycles. The summed E-state index contributed by atoms with van der Waals surface area (Å²) in [5.41, 5.74) is 1.17. The molecule has 6 heteroatoms. The summed E-state index contributed by atoms with van der Waals surface area (Å²) in [5, 5.41) is 11.0. The maximum absolute atomic E-state index is 5.42. The molecule has 0 spiro atoms. The highest BCUT2D eigenvalue weighted by atomic mass is 32.2. The Morgan fingerprint density at radius 3 is 2.95 bits per heavy atom. The summed E-state index contributed by atoms with van der Waals surface area (Å²) in [7, 11) is 1.70. The van der Waals surface area contributed by atoms with Gasteiger partial charge in [0, 0.05) is 17.4 Å². The normalized spacial score (nSPS) is 12.3. The molecule has 0 saturated heterocycles. The summed E-state index contributed by atoms with van der Waals surface area (Å²) in [6, 6.07) is 8.30. The van der Waals surface area contributed by atoms with E-state index in [4.69, 9.17) is 4.74 Å². The highest BCUT2D eigenvalue weighted by molar-refractivity contribution is 7.99. The van der Waals surface area contributed by atoms with Crippen LogP contribution in [0, 0.1) is 0 Å². The van der Waals surface area contributed by atoms with Gasteiger partial charge in [-0.15, -0.1) is 0 Å². The van der Waals surface area contributed by atoms with Gasteiger partial charge < -0.3 is 10.1 Å². The lowest BCUT2D eigenvalue weighted by Gasteiger charge is -2.19. The molecule has 0 aliphatic rings. The Morgan fingerprint density at radius 2 is 2.26 bits per heavy atom. The number of rotatable bonds is 7. The third-order valence-corrected chi connectivity index (χ3v) is 3.71. The van der Waals surface area contributed by atoms with Gasteiger partial charge >= 0.3 is 0 Å². The van der Waals surface area contributed by atoms with Crippen molar-refractivity contribution < 1.29 is 4.74 Å². The number of aromatic nitrogens is 3. The lowest BCUT2D eigenvalue weighted by molar-refractivity contribution is 0.403. The number of hydrogen-bond donors (Lipinski definition) is 2. The highest BCUT2D eigenvalue weighted by Crippen LogP contribution is 2.28. The third kappa shape index (κ3) is 3.71. The fourth-order valence-electron chi connectivity index (χ4n) is 1.89. The Bertz CT molecular complexity index is 489. The van der Waals surface area contributed by atoms with Crippen LogP contribution in [0.15, 0.2) is 35.7 Å². The first-order valence-electron chi connectivity index (χ1n) is 6.19. The van der Waals surface area contributed by atoms with Crippen molar-refractivity contribution in [3.63, 3.8) is 0 Å². The summed E-state index contributed by atoms with van der Waals surface area (Å²) in [5.74, 6) is 1.77. The van der Waals surface area contributed by atoms with Crippen molar-refractivity contribution in [2.45, 2.75) is 18.1 Å². The SMILES string of the molecule is CCNC(CSc1ncn[nH]1)c1ccccc1OC. The zero-order valence-electron chi connectivity index (χ0n) is 11.1. The number of aromatic amines is 1. The minimum Gasteiger partial charge on any atom is -0.496 e. The van der Waals surface area contributed by atoms with Crippen LogP contribution < -0.4 is 10.1 Å². The molecule has 1 atom stereocenters. The first kappa shape index (κ1) is 13.9. The second-order valence-corrected chi connectivity index (χ2v) is 4.96. The Morgan fingerprint density at radius 1 is 1.42 bits per heavy atom. The Labute approximate surface area is 117 Å². The number of para-hydroxylation sites is 1. The van der Waals surface area contributed by atoms with Crippen molar-refractivity contribution in [3.05, 3.63) is 36.2 Å². The molecule has 1 aromatic carbocycles. The van der Waals surface area contributed by atoms with E-state index in [1.54, 1.807) is 18.9 Å². The van der Waals surface area contributed by atoms with Crippen LogP contribution in [-0.4, -0.2) is 34.6 Å². The van der Waals surface area contributed by atoms with Crippen molar-refractivity contribution in [3.8, 4) is 5.75 Å². The van der Waals surface area contributed by atoms with E-state index in [1.165, 1.54) is 11.9 Å². The fourth-order valence-corrected chi connectivity index (χ4v) is 2.75. The number of thioether (sulfide) groups is 1. The van der Waals surface area contributed by atoms with Gasteiger partial charge in [-0.25, -0.2) is 4.98 Å². The second kappa shape index (κ2) is 7.16. The summed E-state index contributed by atoms with van der Waals surface area (Å²) < 4.78 is 5.42. The van der Waals surface area contributed by atoms with Crippen LogP contribution >= 0.6 is 11.8 Å². The summed E-state index contributed by atoms with van der Waals surface area (Å²) >= 11 is 1.64. The van der Waals surface area contributed by atoms with Gasteiger partial charge in [0.25, 0.3) is 0 Å². The molecule has 1 aromatic heterocycles. The smallest absolute Gasteiger partial charge is 0.183 e. The van der Waals surface area contributed by atoms with Crippen molar-refractivity contribution in [2.24, 2.45) is 0 Å². The molecule has 0 bridgehead atoms. The van der Waals surface area contributed by atoms with Gasteiger partial charge in [-0.1, -0.05) is 36.9 Å². The van der Waals surface area contributed by atoms with E-state index in [-0.39, 0.29) is 6.04 Å². The quantitative estimate of drug-likeness (QED) is 0.761. The van der Waals surface area contributed by atoms with Crippen LogP contribution in [0.1, 0.15) is 18.5 Å². The van der Waals surface area contributed by atoms with Crippen molar-refractivity contribution in [1.82, 2.24) is 20.5 Å². The molecule has 102 valence electrons. The number of H-pyrrole nitrogens is 1. The Kier molecular flexibility index (Phi) is 5.23. The van der Waals surface area contributed by atoms with Gasteiger partial charge in [0.2, 0.25) is 0 Å². The van der Waals surface area contributed by atoms with Gasteiger partial charge in [-0.2, -0.15) is 5.10 Å². The standard InChI is InChI=1S/C13H18N4OS/c1-3-14-11(8-19-13-15-9-16-17-13)10-6-4-5-7-12(10)18-2/h4-7,9,11,14H,3,8H2,1-2H3,(H,15,16,17). The Balaban J connectivity index is 2.10. The van der Waals surface area contributed by atoms with Crippen LogP contribution in [-0.2, 0) is 0 Å².